The van der Waals surface area contributed by atoms with Gasteiger partial charge in [0.1, 0.15) is 0 Å². The molecular weight excluding hydrogens is 202 g/mol. The predicted molar refractivity (Wildman–Crippen MR) is 65.4 cm³/mol. The molecule has 3 nitrogen and oxygen atoms in total. The Kier molecular flexibility index (Phi) is 6.07. The first-order valence-electron chi connectivity index (χ1n) is 5.77. The van der Waals surface area contributed by atoms with Gasteiger partial charge < -0.3 is 10.1 Å². The summed E-state index contributed by atoms with van der Waals surface area (Å²) in [6.45, 7) is 3.32. The Morgan fingerprint density at radius 2 is 2.06 bits per heavy atom. The molecule has 0 heterocycles. The van der Waals surface area contributed by atoms with Crippen LogP contribution >= 0.6 is 0 Å². The van der Waals surface area contributed by atoms with E-state index in [1.54, 1.807) is 0 Å². The zero-order chi connectivity index (χ0) is 11.6. The van der Waals surface area contributed by atoms with Crippen molar-refractivity contribution >= 4 is 11.7 Å². The third-order valence-corrected chi connectivity index (χ3v) is 2.13. The molecule has 0 aliphatic heterocycles. The molecule has 0 aliphatic rings. The molecule has 0 fully saturated rings. The van der Waals surface area contributed by atoms with Crippen molar-refractivity contribution in [2.45, 2.75) is 26.2 Å². The summed E-state index contributed by atoms with van der Waals surface area (Å²) in [4.78, 5) is 11.2. The standard InChI is InChI=1S/C13H19NO2/c1-2-11-16-13(15)9-6-10-14-12-7-4-3-5-8-12/h3-5,7-8,14H,2,6,9-11H2,1H3. The molecule has 0 spiro atoms. The number of rotatable bonds is 7. The highest BCUT2D eigenvalue weighted by molar-refractivity contribution is 5.69. The quantitative estimate of drug-likeness (QED) is 0.568. The number of ether oxygens (including phenoxy) is 1. The first-order valence-corrected chi connectivity index (χ1v) is 5.77. The van der Waals surface area contributed by atoms with Gasteiger partial charge in [-0.1, -0.05) is 25.1 Å². The zero-order valence-corrected chi connectivity index (χ0v) is 9.74. The molecule has 88 valence electrons. The lowest BCUT2D eigenvalue weighted by molar-refractivity contribution is -0.143. The van der Waals surface area contributed by atoms with Crippen molar-refractivity contribution in [2.24, 2.45) is 0 Å². The lowest BCUT2D eigenvalue weighted by Crippen LogP contribution is -2.08. The molecule has 1 aromatic carbocycles. The fraction of sp³-hybridized carbons (Fsp3) is 0.462. The molecule has 0 atom stereocenters. The molecular formula is C13H19NO2. The summed E-state index contributed by atoms with van der Waals surface area (Å²) in [6.07, 6.45) is 2.17. The van der Waals surface area contributed by atoms with Crippen molar-refractivity contribution in [3.8, 4) is 0 Å². The first kappa shape index (κ1) is 12.6. The molecule has 1 N–H and O–H groups in total. The normalized spacial score (nSPS) is 9.81. The Balaban J connectivity index is 2.06. The second kappa shape index (κ2) is 7.74. The van der Waals surface area contributed by atoms with Gasteiger partial charge in [0.25, 0.3) is 0 Å². The molecule has 0 radical (unpaired) electrons. The highest BCUT2D eigenvalue weighted by Gasteiger charge is 2.00. The van der Waals surface area contributed by atoms with Crippen LogP contribution in [0.3, 0.4) is 0 Å². The summed E-state index contributed by atoms with van der Waals surface area (Å²) in [7, 11) is 0. The summed E-state index contributed by atoms with van der Waals surface area (Å²) in [5.74, 6) is -0.100. The van der Waals surface area contributed by atoms with Gasteiger partial charge >= 0.3 is 5.97 Å². The average Bonchev–Trinajstić information content (AvgIpc) is 2.33. The van der Waals surface area contributed by atoms with Crippen LogP contribution in [0.15, 0.2) is 30.3 Å². The summed E-state index contributed by atoms with van der Waals surface area (Å²) >= 11 is 0. The Bertz CT molecular complexity index is 298. The summed E-state index contributed by atoms with van der Waals surface area (Å²) in [5.41, 5.74) is 1.09. The molecule has 0 unspecified atom stereocenters. The van der Waals surface area contributed by atoms with E-state index in [9.17, 15) is 4.79 Å². The maximum atomic E-state index is 11.2. The maximum Gasteiger partial charge on any atom is 0.305 e. The van der Waals surface area contributed by atoms with E-state index >= 15 is 0 Å². The van der Waals surface area contributed by atoms with E-state index in [-0.39, 0.29) is 5.97 Å². The number of nitrogens with one attached hydrogen (secondary N) is 1. The van der Waals surface area contributed by atoms with Crippen LogP contribution in [0.2, 0.25) is 0 Å². The van der Waals surface area contributed by atoms with E-state index in [1.807, 2.05) is 37.3 Å². The van der Waals surface area contributed by atoms with Crippen LogP contribution in [0, 0.1) is 0 Å². The van der Waals surface area contributed by atoms with Crippen molar-refractivity contribution in [1.82, 2.24) is 0 Å². The Hall–Kier alpha value is -1.51. The lowest BCUT2D eigenvalue weighted by Gasteiger charge is -2.06. The van der Waals surface area contributed by atoms with E-state index in [2.05, 4.69) is 5.32 Å². The molecule has 3 heteroatoms. The fourth-order valence-electron chi connectivity index (χ4n) is 1.31. The molecule has 0 aliphatic carbocycles. The topological polar surface area (TPSA) is 38.3 Å². The number of anilines is 1. The van der Waals surface area contributed by atoms with Crippen LogP contribution in [0.1, 0.15) is 26.2 Å². The van der Waals surface area contributed by atoms with Gasteiger partial charge in [0.15, 0.2) is 0 Å². The van der Waals surface area contributed by atoms with Crippen molar-refractivity contribution in [1.29, 1.82) is 0 Å². The Morgan fingerprint density at radius 3 is 2.75 bits per heavy atom. The smallest absolute Gasteiger partial charge is 0.305 e. The predicted octanol–water partition coefficient (Wildman–Crippen LogP) is 2.83. The zero-order valence-electron chi connectivity index (χ0n) is 9.74. The number of hydrogen-bond acceptors (Lipinski definition) is 3. The number of para-hydroxylation sites is 1. The molecule has 0 saturated heterocycles. The summed E-state index contributed by atoms with van der Waals surface area (Å²) in [5, 5.41) is 3.25. The number of hydrogen-bond donors (Lipinski definition) is 1. The number of esters is 1. The fourth-order valence-corrected chi connectivity index (χ4v) is 1.31. The third kappa shape index (κ3) is 5.39. The minimum absolute atomic E-state index is 0.100. The van der Waals surface area contributed by atoms with Crippen LogP contribution < -0.4 is 5.32 Å². The average molecular weight is 221 g/mol. The van der Waals surface area contributed by atoms with Gasteiger partial charge in [0.05, 0.1) is 6.61 Å². The van der Waals surface area contributed by atoms with E-state index in [0.29, 0.717) is 13.0 Å². The monoisotopic (exact) mass is 221 g/mol. The number of benzene rings is 1. The van der Waals surface area contributed by atoms with Crippen molar-refractivity contribution in [3.63, 3.8) is 0 Å². The summed E-state index contributed by atoms with van der Waals surface area (Å²) < 4.78 is 4.98. The molecule has 0 saturated carbocycles. The van der Waals surface area contributed by atoms with Crippen LogP contribution in [-0.4, -0.2) is 19.1 Å². The number of carbonyl (C=O) groups is 1. The second-order valence-corrected chi connectivity index (χ2v) is 3.62. The molecule has 0 amide bonds. The van der Waals surface area contributed by atoms with Crippen LogP contribution in [0.4, 0.5) is 5.69 Å². The van der Waals surface area contributed by atoms with Crippen LogP contribution in [-0.2, 0) is 9.53 Å². The molecule has 1 aromatic rings. The Morgan fingerprint density at radius 1 is 1.31 bits per heavy atom. The highest BCUT2D eigenvalue weighted by atomic mass is 16.5. The van der Waals surface area contributed by atoms with Crippen LogP contribution in [0.5, 0.6) is 0 Å². The van der Waals surface area contributed by atoms with Gasteiger partial charge in [-0.2, -0.15) is 0 Å². The molecule has 0 aromatic heterocycles. The molecule has 1 rings (SSSR count). The van der Waals surface area contributed by atoms with Gasteiger partial charge in [-0.3, -0.25) is 4.79 Å². The largest absolute Gasteiger partial charge is 0.466 e. The molecule has 16 heavy (non-hydrogen) atoms. The van der Waals surface area contributed by atoms with Gasteiger partial charge in [-0.25, -0.2) is 0 Å². The van der Waals surface area contributed by atoms with Gasteiger partial charge in [-0.05, 0) is 25.0 Å². The van der Waals surface area contributed by atoms with Crippen molar-refractivity contribution < 1.29 is 9.53 Å². The van der Waals surface area contributed by atoms with E-state index in [4.69, 9.17) is 4.74 Å². The Labute approximate surface area is 96.8 Å². The second-order valence-electron chi connectivity index (χ2n) is 3.62. The van der Waals surface area contributed by atoms with Gasteiger partial charge in [0, 0.05) is 18.7 Å². The van der Waals surface area contributed by atoms with E-state index < -0.39 is 0 Å². The molecule has 0 bridgehead atoms. The maximum absolute atomic E-state index is 11.2. The van der Waals surface area contributed by atoms with Crippen LogP contribution in [0.25, 0.3) is 0 Å². The minimum Gasteiger partial charge on any atom is -0.466 e. The SMILES string of the molecule is CCCOC(=O)CCCNc1ccccc1. The minimum atomic E-state index is -0.100. The third-order valence-electron chi connectivity index (χ3n) is 2.13. The van der Waals surface area contributed by atoms with Crippen molar-refractivity contribution in [2.75, 3.05) is 18.5 Å². The van der Waals surface area contributed by atoms with E-state index in [1.165, 1.54) is 0 Å². The number of carbonyl (C=O) groups excluding carboxylic acids is 1. The summed E-state index contributed by atoms with van der Waals surface area (Å²) in [6, 6.07) is 9.97. The first-order chi connectivity index (χ1) is 7.83. The van der Waals surface area contributed by atoms with Gasteiger partial charge in [0.2, 0.25) is 0 Å². The van der Waals surface area contributed by atoms with Gasteiger partial charge in [-0.15, -0.1) is 0 Å². The van der Waals surface area contributed by atoms with Crippen molar-refractivity contribution in [3.05, 3.63) is 30.3 Å². The lowest BCUT2D eigenvalue weighted by atomic mass is 10.3. The highest BCUT2D eigenvalue weighted by Crippen LogP contribution is 2.05. The van der Waals surface area contributed by atoms with E-state index in [0.717, 1.165) is 25.1 Å².